The molecule has 0 heterocycles. The normalized spacial score (nSPS) is 21.9. The largest absolute Gasteiger partial charge is 0.444 e. The van der Waals surface area contributed by atoms with Crippen molar-refractivity contribution < 1.29 is 14.3 Å². The maximum absolute atomic E-state index is 11.6. The average Bonchev–Trinajstić information content (AvgIpc) is 3.00. The number of hydrogen-bond acceptors (Lipinski definition) is 3. The Bertz CT molecular complexity index is 362. The van der Waals surface area contributed by atoms with Crippen molar-refractivity contribution >= 4 is 11.9 Å². The number of carbonyl (C=O) groups is 2. The molecule has 0 aromatic rings. The van der Waals surface area contributed by atoms with Crippen molar-refractivity contribution in [2.45, 2.75) is 45.6 Å². The van der Waals surface area contributed by atoms with Crippen molar-refractivity contribution in [2.75, 3.05) is 6.54 Å². The zero-order chi connectivity index (χ0) is 13.8. The standard InChI is InChI=1S/C14H21NO3/c1-5-6-7-12(16)11-8-10(11)9-15-13(17)18-14(2,3)4/h1,10-11H,6-9H2,2-4H3,(H,15,17). The Kier molecular flexibility index (Phi) is 4.77. The van der Waals surface area contributed by atoms with Gasteiger partial charge in [0.25, 0.3) is 0 Å². The highest BCUT2D eigenvalue weighted by molar-refractivity contribution is 5.84. The molecule has 1 aliphatic carbocycles. The number of nitrogens with one attached hydrogen (secondary N) is 1. The van der Waals surface area contributed by atoms with Crippen LogP contribution in [0.15, 0.2) is 0 Å². The van der Waals surface area contributed by atoms with Crippen LogP contribution in [0.4, 0.5) is 4.79 Å². The third-order valence-electron chi connectivity index (χ3n) is 2.76. The Hall–Kier alpha value is -1.50. The molecule has 0 bridgehead atoms. The van der Waals surface area contributed by atoms with Crippen molar-refractivity contribution in [1.29, 1.82) is 0 Å². The van der Waals surface area contributed by atoms with Crippen LogP contribution in [0.1, 0.15) is 40.0 Å². The van der Waals surface area contributed by atoms with Crippen LogP contribution >= 0.6 is 0 Å². The van der Waals surface area contributed by atoms with Crippen molar-refractivity contribution in [3.63, 3.8) is 0 Å². The molecule has 2 unspecified atom stereocenters. The van der Waals surface area contributed by atoms with Crippen LogP contribution in [0.5, 0.6) is 0 Å². The second-order valence-electron chi connectivity index (χ2n) is 5.66. The highest BCUT2D eigenvalue weighted by atomic mass is 16.6. The zero-order valence-electron chi connectivity index (χ0n) is 11.3. The minimum absolute atomic E-state index is 0.0771. The topological polar surface area (TPSA) is 55.4 Å². The molecule has 0 radical (unpaired) electrons. The lowest BCUT2D eigenvalue weighted by Gasteiger charge is -2.19. The Labute approximate surface area is 108 Å². The van der Waals surface area contributed by atoms with E-state index in [1.54, 1.807) is 0 Å². The van der Waals surface area contributed by atoms with E-state index >= 15 is 0 Å². The number of rotatable bonds is 5. The molecule has 1 amide bonds. The fourth-order valence-electron chi connectivity index (χ4n) is 1.78. The van der Waals surface area contributed by atoms with E-state index in [4.69, 9.17) is 11.2 Å². The minimum atomic E-state index is -0.490. The van der Waals surface area contributed by atoms with E-state index in [-0.39, 0.29) is 17.6 Å². The zero-order valence-corrected chi connectivity index (χ0v) is 11.3. The summed E-state index contributed by atoms with van der Waals surface area (Å²) in [5.41, 5.74) is -0.490. The van der Waals surface area contributed by atoms with Crippen LogP contribution in [0.2, 0.25) is 0 Å². The smallest absolute Gasteiger partial charge is 0.407 e. The molecule has 0 saturated heterocycles. The van der Waals surface area contributed by atoms with Crippen molar-refractivity contribution in [1.82, 2.24) is 5.32 Å². The number of alkyl carbamates (subject to hydrolysis) is 1. The summed E-state index contributed by atoms with van der Waals surface area (Å²) < 4.78 is 5.11. The lowest BCUT2D eigenvalue weighted by molar-refractivity contribution is -0.120. The Morgan fingerprint density at radius 2 is 2.11 bits per heavy atom. The monoisotopic (exact) mass is 251 g/mol. The van der Waals surface area contributed by atoms with Crippen LogP contribution in [-0.4, -0.2) is 24.0 Å². The predicted molar refractivity (Wildman–Crippen MR) is 68.9 cm³/mol. The highest BCUT2D eigenvalue weighted by Gasteiger charge is 2.42. The van der Waals surface area contributed by atoms with Crippen LogP contribution < -0.4 is 5.32 Å². The molecule has 2 atom stereocenters. The number of ketones is 1. The molecule has 1 rings (SSSR count). The molecule has 1 N–H and O–H groups in total. The van der Waals surface area contributed by atoms with Crippen molar-refractivity contribution in [2.24, 2.45) is 11.8 Å². The first-order valence-corrected chi connectivity index (χ1v) is 6.26. The van der Waals surface area contributed by atoms with Gasteiger partial charge in [-0.3, -0.25) is 4.79 Å². The summed E-state index contributed by atoms with van der Waals surface area (Å²) in [6.45, 7) is 5.95. The number of carbonyl (C=O) groups excluding carboxylic acids is 2. The van der Waals surface area contributed by atoms with Crippen molar-refractivity contribution in [3.05, 3.63) is 0 Å². The highest BCUT2D eigenvalue weighted by Crippen LogP contribution is 2.39. The molecule has 18 heavy (non-hydrogen) atoms. The summed E-state index contributed by atoms with van der Waals surface area (Å²) in [6.07, 6.45) is 6.48. The van der Waals surface area contributed by atoms with Gasteiger partial charge >= 0.3 is 6.09 Å². The maximum Gasteiger partial charge on any atom is 0.407 e. The molecule has 0 spiro atoms. The molecular weight excluding hydrogens is 230 g/mol. The van der Waals surface area contributed by atoms with Gasteiger partial charge < -0.3 is 10.1 Å². The second-order valence-corrected chi connectivity index (χ2v) is 5.66. The van der Waals surface area contributed by atoms with E-state index < -0.39 is 11.7 Å². The first-order chi connectivity index (χ1) is 8.33. The summed E-state index contributed by atoms with van der Waals surface area (Å²) in [4.78, 5) is 23.0. The predicted octanol–water partition coefficient (Wildman–Crippen LogP) is 2.13. The molecule has 0 aromatic heterocycles. The van der Waals surface area contributed by atoms with Crippen LogP contribution in [0.3, 0.4) is 0 Å². The molecule has 0 aromatic carbocycles. The van der Waals surface area contributed by atoms with Gasteiger partial charge in [-0.05, 0) is 33.1 Å². The van der Waals surface area contributed by atoms with Gasteiger partial charge in [-0.1, -0.05) is 0 Å². The van der Waals surface area contributed by atoms with E-state index in [1.165, 1.54) is 0 Å². The number of hydrogen-bond donors (Lipinski definition) is 1. The number of ether oxygens (including phenoxy) is 1. The first kappa shape index (κ1) is 14.6. The van der Waals surface area contributed by atoms with Crippen molar-refractivity contribution in [3.8, 4) is 12.3 Å². The van der Waals surface area contributed by atoms with Gasteiger partial charge in [0.2, 0.25) is 0 Å². The molecule has 0 aliphatic heterocycles. The minimum Gasteiger partial charge on any atom is -0.444 e. The summed E-state index contributed by atoms with van der Waals surface area (Å²) >= 11 is 0. The molecule has 100 valence electrons. The van der Waals surface area contributed by atoms with E-state index in [2.05, 4.69) is 11.2 Å². The van der Waals surface area contributed by atoms with E-state index in [0.717, 1.165) is 6.42 Å². The summed E-state index contributed by atoms with van der Waals surface area (Å²) in [7, 11) is 0. The molecule has 4 nitrogen and oxygen atoms in total. The van der Waals surface area contributed by atoms with Gasteiger partial charge in [0.1, 0.15) is 11.4 Å². The van der Waals surface area contributed by atoms with Gasteiger partial charge in [0.15, 0.2) is 0 Å². The molecule has 1 saturated carbocycles. The maximum atomic E-state index is 11.6. The molecule has 1 aliphatic rings. The Balaban J connectivity index is 2.18. The summed E-state index contributed by atoms with van der Waals surface area (Å²) in [6, 6.07) is 0. The number of Topliss-reactive ketones (excluding diaryl/α,β-unsaturated/α-hetero) is 1. The Morgan fingerprint density at radius 1 is 1.44 bits per heavy atom. The van der Waals surface area contributed by atoms with Gasteiger partial charge in [0.05, 0.1) is 0 Å². The fraction of sp³-hybridized carbons (Fsp3) is 0.714. The molecular formula is C14H21NO3. The van der Waals surface area contributed by atoms with Gasteiger partial charge in [-0.25, -0.2) is 4.79 Å². The van der Waals surface area contributed by atoms with E-state index in [9.17, 15) is 9.59 Å². The fourth-order valence-corrected chi connectivity index (χ4v) is 1.78. The van der Waals surface area contributed by atoms with E-state index in [1.807, 2.05) is 20.8 Å². The third kappa shape index (κ3) is 5.22. The van der Waals surface area contributed by atoms with Crippen LogP contribution in [0.25, 0.3) is 0 Å². The Morgan fingerprint density at radius 3 is 2.67 bits per heavy atom. The third-order valence-corrected chi connectivity index (χ3v) is 2.76. The average molecular weight is 251 g/mol. The first-order valence-electron chi connectivity index (χ1n) is 6.26. The summed E-state index contributed by atoms with van der Waals surface area (Å²) in [5.74, 6) is 3.00. The van der Waals surface area contributed by atoms with E-state index in [0.29, 0.717) is 19.4 Å². The number of amides is 1. The van der Waals surface area contributed by atoms with Crippen LogP contribution in [0, 0.1) is 24.2 Å². The second kappa shape index (κ2) is 5.90. The SMILES string of the molecule is C#CCCC(=O)C1CC1CNC(=O)OC(C)(C)C. The van der Waals surface area contributed by atoms with Gasteiger partial charge in [-0.15, -0.1) is 12.3 Å². The lowest BCUT2D eigenvalue weighted by atomic mass is 10.1. The molecule has 1 fully saturated rings. The summed E-state index contributed by atoms with van der Waals surface area (Å²) in [5, 5.41) is 2.69. The number of terminal acetylenes is 1. The van der Waals surface area contributed by atoms with Gasteiger partial charge in [-0.2, -0.15) is 0 Å². The quantitative estimate of drug-likeness (QED) is 0.761. The lowest BCUT2D eigenvalue weighted by Crippen LogP contribution is -2.33. The van der Waals surface area contributed by atoms with Crippen LogP contribution in [-0.2, 0) is 9.53 Å². The van der Waals surface area contributed by atoms with Gasteiger partial charge in [0, 0.05) is 25.3 Å². The molecule has 4 heteroatoms.